The van der Waals surface area contributed by atoms with Gasteiger partial charge in [0.05, 0.1) is 6.07 Å². The molecule has 0 amide bonds. The number of carbonyl (C=O) groups excluding carboxylic acids is 1. The first-order chi connectivity index (χ1) is 9.29. The maximum Gasteiger partial charge on any atom is 0.214 e. The van der Waals surface area contributed by atoms with E-state index in [1.807, 2.05) is 6.07 Å². The summed E-state index contributed by atoms with van der Waals surface area (Å²) in [4.78, 5) is 15.8. The number of hydrogen-bond donors (Lipinski definition) is 0. The van der Waals surface area contributed by atoms with Gasteiger partial charge in [0, 0.05) is 6.07 Å². The summed E-state index contributed by atoms with van der Waals surface area (Å²) in [6.07, 6.45) is 7.10. The van der Waals surface area contributed by atoms with Crippen molar-refractivity contribution in [2.24, 2.45) is 0 Å². The Morgan fingerprint density at radius 1 is 1.32 bits per heavy atom. The number of Topliss-reactive ketones (excluding diaryl/α,β-unsaturated/α-hetero) is 1. The van der Waals surface area contributed by atoms with Crippen molar-refractivity contribution in [3.8, 4) is 11.9 Å². The topological polar surface area (TPSA) is 63.0 Å². The van der Waals surface area contributed by atoms with Crippen molar-refractivity contribution in [2.45, 2.75) is 51.0 Å². The number of nitriles is 1. The number of ketones is 1. The van der Waals surface area contributed by atoms with Gasteiger partial charge in [-0.15, -0.1) is 0 Å². The highest BCUT2D eigenvalue weighted by molar-refractivity contribution is 5.95. The van der Waals surface area contributed by atoms with Crippen LogP contribution in [0.15, 0.2) is 18.2 Å². The van der Waals surface area contributed by atoms with Crippen molar-refractivity contribution in [1.82, 2.24) is 4.98 Å². The summed E-state index contributed by atoms with van der Waals surface area (Å²) >= 11 is 0. The molecule has 1 aromatic heterocycles. The number of pyridine rings is 1. The quantitative estimate of drug-likeness (QED) is 0.614. The molecule has 0 aromatic carbocycles. The van der Waals surface area contributed by atoms with Crippen molar-refractivity contribution in [3.63, 3.8) is 0 Å². The van der Waals surface area contributed by atoms with Crippen LogP contribution in [-0.2, 0) is 0 Å². The highest BCUT2D eigenvalue weighted by Gasteiger charge is 2.15. The van der Waals surface area contributed by atoms with Gasteiger partial charge in [0.15, 0.2) is 5.78 Å². The highest BCUT2D eigenvalue weighted by atomic mass is 16.5. The van der Waals surface area contributed by atoms with Crippen molar-refractivity contribution in [2.75, 3.05) is 0 Å². The third-order valence-electron chi connectivity index (χ3n) is 3.34. The van der Waals surface area contributed by atoms with Gasteiger partial charge in [-0.3, -0.25) is 4.79 Å². The largest absolute Gasteiger partial charge is 0.474 e. The van der Waals surface area contributed by atoms with Gasteiger partial charge in [-0.25, -0.2) is 4.98 Å². The Balaban J connectivity index is 2.02. The normalized spacial score (nSPS) is 16.4. The van der Waals surface area contributed by atoms with Crippen LogP contribution in [0.5, 0.6) is 5.88 Å². The molecule has 0 spiro atoms. The maximum atomic E-state index is 11.6. The first kappa shape index (κ1) is 13.5. The minimum Gasteiger partial charge on any atom is -0.474 e. The Kier molecular flexibility index (Phi) is 4.91. The number of rotatable bonds is 4. The second-order valence-corrected chi connectivity index (χ2v) is 4.85. The minimum atomic E-state index is -0.256. The second-order valence-electron chi connectivity index (χ2n) is 4.85. The van der Waals surface area contributed by atoms with Crippen molar-refractivity contribution < 1.29 is 9.53 Å². The van der Waals surface area contributed by atoms with Crippen LogP contribution in [0.1, 0.15) is 55.4 Å². The van der Waals surface area contributed by atoms with Crippen LogP contribution >= 0.6 is 0 Å². The summed E-state index contributed by atoms with van der Waals surface area (Å²) in [5.74, 6) is 0.240. The molecular weight excluding hydrogens is 240 g/mol. The molecule has 0 aliphatic heterocycles. The smallest absolute Gasteiger partial charge is 0.214 e. The number of nitrogens with zero attached hydrogens (tertiary/aromatic N) is 2. The molecule has 2 rings (SSSR count). The SMILES string of the molecule is N#CCC(=O)c1cccc(OC2CCCCCC2)n1. The number of aromatic nitrogens is 1. The lowest BCUT2D eigenvalue weighted by Crippen LogP contribution is -2.16. The standard InChI is InChI=1S/C15H18N2O2/c16-11-10-14(18)13-8-5-9-15(17-13)19-12-6-3-1-2-4-7-12/h5,8-9,12H,1-4,6-7,10H2. The van der Waals surface area contributed by atoms with Gasteiger partial charge in [-0.1, -0.05) is 18.9 Å². The molecule has 1 fully saturated rings. The lowest BCUT2D eigenvalue weighted by molar-refractivity contribution is 0.0990. The van der Waals surface area contributed by atoms with Gasteiger partial charge in [0.2, 0.25) is 5.88 Å². The van der Waals surface area contributed by atoms with E-state index >= 15 is 0 Å². The van der Waals surface area contributed by atoms with Gasteiger partial charge in [-0.05, 0) is 31.7 Å². The predicted octanol–water partition coefficient (Wildman–Crippen LogP) is 3.28. The Bertz CT molecular complexity index is 471. The molecule has 100 valence electrons. The van der Waals surface area contributed by atoms with E-state index in [4.69, 9.17) is 10.00 Å². The van der Waals surface area contributed by atoms with E-state index in [9.17, 15) is 4.79 Å². The summed E-state index contributed by atoms with van der Waals surface area (Å²) in [5.41, 5.74) is 0.313. The first-order valence-corrected chi connectivity index (χ1v) is 6.83. The van der Waals surface area contributed by atoms with Crippen LogP contribution in [0.25, 0.3) is 0 Å². The molecular formula is C15H18N2O2. The summed E-state index contributed by atoms with van der Waals surface area (Å²) in [6.45, 7) is 0. The summed E-state index contributed by atoms with van der Waals surface area (Å²) in [6, 6.07) is 6.99. The zero-order valence-electron chi connectivity index (χ0n) is 11.0. The average molecular weight is 258 g/mol. The average Bonchev–Trinajstić information content (AvgIpc) is 2.68. The Labute approximate surface area is 113 Å². The van der Waals surface area contributed by atoms with Gasteiger partial charge >= 0.3 is 0 Å². The summed E-state index contributed by atoms with van der Waals surface area (Å²) in [5, 5.41) is 8.53. The Morgan fingerprint density at radius 2 is 2.05 bits per heavy atom. The highest BCUT2D eigenvalue weighted by Crippen LogP contribution is 2.21. The molecule has 0 bridgehead atoms. The van der Waals surface area contributed by atoms with Gasteiger partial charge in [0.25, 0.3) is 0 Å². The van der Waals surface area contributed by atoms with E-state index in [0.717, 1.165) is 12.8 Å². The molecule has 1 saturated carbocycles. The molecule has 1 heterocycles. The lowest BCUT2D eigenvalue weighted by Gasteiger charge is -2.16. The fraction of sp³-hybridized carbons (Fsp3) is 0.533. The molecule has 4 nitrogen and oxygen atoms in total. The lowest BCUT2D eigenvalue weighted by atomic mass is 10.1. The van der Waals surface area contributed by atoms with E-state index in [0.29, 0.717) is 11.6 Å². The van der Waals surface area contributed by atoms with Crippen LogP contribution in [-0.4, -0.2) is 16.9 Å². The van der Waals surface area contributed by atoms with Crippen molar-refractivity contribution >= 4 is 5.78 Å². The second kappa shape index (κ2) is 6.89. The molecule has 1 aliphatic rings. The molecule has 0 N–H and O–H groups in total. The Morgan fingerprint density at radius 3 is 2.74 bits per heavy atom. The van der Waals surface area contributed by atoms with Crippen LogP contribution in [0.2, 0.25) is 0 Å². The molecule has 0 radical (unpaired) electrons. The zero-order valence-corrected chi connectivity index (χ0v) is 11.0. The third kappa shape index (κ3) is 4.06. The maximum absolute atomic E-state index is 11.6. The third-order valence-corrected chi connectivity index (χ3v) is 3.34. The van der Waals surface area contributed by atoms with E-state index in [-0.39, 0.29) is 18.3 Å². The monoisotopic (exact) mass is 258 g/mol. The van der Waals surface area contributed by atoms with Crippen molar-refractivity contribution in [1.29, 1.82) is 5.26 Å². The van der Waals surface area contributed by atoms with Crippen LogP contribution in [0.3, 0.4) is 0 Å². The van der Waals surface area contributed by atoms with Crippen LogP contribution < -0.4 is 4.74 Å². The predicted molar refractivity (Wildman–Crippen MR) is 70.9 cm³/mol. The molecule has 4 heteroatoms. The molecule has 0 saturated heterocycles. The fourth-order valence-electron chi connectivity index (χ4n) is 2.33. The number of hydrogen-bond acceptors (Lipinski definition) is 4. The van der Waals surface area contributed by atoms with E-state index in [1.165, 1.54) is 25.7 Å². The number of ether oxygens (including phenoxy) is 1. The molecule has 1 aromatic rings. The Hall–Kier alpha value is -1.89. The fourth-order valence-corrected chi connectivity index (χ4v) is 2.33. The number of carbonyl (C=O) groups is 1. The van der Waals surface area contributed by atoms with E-state index in [1.54, 1.807) is 18.2 Å². The van der Waals surface area contributed by atoms with Crippen LogP contribution in [0, 0.1) is 11.3 Å². The van der Waals surface area contributed by atoms with Gasteiger partial charge < -0.3 is 4.74 Å². The van der Waals surface area contributed by atoms with Crippen LogP contribution in [0.4, 0.5) is 0 Å². The van der Waals surface area contributed by atoms with E-state index < -0.39 is 0 Å². The van der Waals surface area contributed by atoms with Gasteiger partial charge in [-0.2, -0.15) is 5.26 Å². The molecule has 19 heavy (non-hydrogen) atoms. The summed E-state index contributed by atoms with van der Waals surface area (Å²) in [7, 11) is 0. The molecule has 0 atom stereocenters. The van der Waals surface area contributed by atoms with Gasteiger partial charge in [0.1, 0.15) is 18.2 Å². The summed E-state index contributed by atoms with van der Waals surface area (Å²) < 4.78 is 5.86. The zero-order chi connectivity index (χ0) is 13.5. The van der Waals surface area contributed by atoms with Crippen molar-refractivity contribution in [3.05, 3.63) is 23.9 Å². The molecule has 1 aliphatic carbocycles. The first-order valence-electron chi connectivity index (χ1n) is 6.83. The van der Waals surface area contributed by atoms with E-state index in [2.05, 4.69) is 4.98 Å². The minimum absolute atomic E-state index is 0.139. The molecule has 0 unspecified atom stereocenters.